The summed E-state index contributed by atoms with van der Waals surface area (Å²) >= 11 is 1.46. The van der Waals surface area contributed by atoms with Crippen LogP contribution in [-0.2, 0) is 13.5 Å². The monoisotopic (exact) mass is 384 g/mol. The third-order valence-electron chi connectivity index (χ3n) is 4.35. The summed E-state index contributed by atoms with van der Waals surface area (Å²) < 4.78 is 7.42. The van der Waals surface area contributed by atoms with E-state index in [4.69, 9.17) is 4.74 Å². The zero-order valence-corrected chi connectivity index (χ0v) is 16.8. The largest absolute Gasteiger partial charge is 0.496 e. The van der Waals surface area contributed by atoms with Gasteiger partial charge in [-0.25, -0.2) is 9.97 Å². The van der Waals surface area contributed by atoms with Crippen LogP contribution in [0.3, 0.4) is 0 Å². The van der Waals surface area contributed by atoms with Gasteiger partial charge in [0.05, 0.1) is 17.8 Å². The molecular formula is C20H24N4O2S. The van der Waals surface area contributed by atoms with E-state index in [0.29, 0.717) is 10.6 Å². The summed E-state index contributed by atoms with van der Waals surface area (Å²) in [5.41, 5.74) is 1.62. The zero-order chi connectivity index (χ0) is 19.4. The van der Waals surface area contributed by atoms with Crippen molar-refractivity contribution in [1.82, 2.24) is 19.9 Å². The fraction of sp³-hybridized carbons (Fsp3) is 0.350. The smallest absolute Gasteiger partial charge is 0.264 e. The molecule has 3 rings (SSSR count). The molecule has 27 heavy (non-hydrogen) atoms. The van der Waals surface area contributed by atoms with E-state index >= 15 is 0 Å². The highest BCUT2D eigenvalue weighted by Crippen LogP contribution is 2.30. The first-order valence-electron chi connectivity index (χ1n) is 8.92. The number of carbonyl (C=O) groups excluding carboxylic acids is 1. The highest BCUT2D eigenvalue weighted by molar-refractivity contribution is 7.13. The number of benzene rings is 1. The van der Waals surface area contributed by atoms with E-state index in [9.17, 15) is 4.79 Å². The molecule has 2 heterocycles. The van der Waals surface area contributed by atoms with E-state index in [1.54, 1.807) is 13.3 Å². The van der Waals surface area contributed by atoms with Crippen molar-refractivity contribution in [3.8, 4) is 5.75 Å². The number of carbonyl (C=O) groups is 1. The van der Waals surface area contributed by atoms with Crippen molar-refractivity contribution in [2.75, 3.05) is 7.11 Å². The Morgan fingerprint density at radius 3 is 2.81 bits per heavy atom. The minimum atomic E-state index is -0.426. The van der Waals surface area contributed by atoms with Crippen LogP contribution in [-0.4, -0.2) is 27.6 Å². The molecule has 1 atom stereocenters. The van der Waals surface area contributed by atoms with E-state index in [0.717, 1.165) is 34.9 Å². The molecule has 142 valence electrons. The predicted molar refractivity (Wildman–Crippen MR) is 106 cm³/mol. The average Bonchev–Trinajstić information content (AvgIpc) is 3.25. The van der Waals surface area contributed by atoms with Crippen molar-refractivity contribution in [3.05, 3.63) is 63.6 Å². The summed E-state index contributed by atoms with van der Waals surface area (Å²) in [6.07, 6.45) is 5.47. The minimum Gasteiger partial charge on any atom is -0.496 e. The minimum absolute atomic E-state index is 0.147. The van der Waals surface area contributed by atoms with Crippen LogP contribution in [0.25, 0.3) is 0 Å². The first kappa shape index (κ1) is 19.1. The van der Waals surface area contributed by atoms with Gasteiger partial charge in [0.2, 0.25) is 0 Å². The van der Waals surface area contributed by atoms with E-state index in [1.807, 2.05) is 49.0 Å². The van der Waals surface area contributed by atoms with Crippen molar-refractivity contribution in [2.45, 2.75) is 32.7 Å². The molecule has 0 fully saturated rings. The summed E-state index contributed by atoms with van der Waals surface area (Å²) in [5.74, 6) is 1.30. The van der Waals surface area contributed by atoms with Crippen molar-refractivity contribution in [1.29, 1.82) is 0 Å². The maximum Gasteiger partial charge on any atom is 0.264 e. The van der Waals surface area contributed by atoms with Gasteiger partial charge in [-0.15, -0.1) is 11.3 Å². The van der Waals surface area contributed by atoms with Gasteiger partial charge in [0, 0.05) is 25.0 Å². The van der Waals surface area contributed by atoms with Crippen molar-refractivity contribution < 1.29 is 9.53 Å². The number of ether oxygens (including phenoxy) is 1. The number of aromatic nitrogens is 3. The molecule has 0 spiro atoms. The van der Waals surface area contributed by atoms with Crippen molar-refractivity contribution in [3.63, 3.8) is 0 Å². The number of methoxy groups -OCH3 is 1. The molecule has 3 aromatic rings. The van der Waals surface area contributed by atoms with Gasteiger partial charge in [-0.2, -0.15) is 0 Å². The molecule has 0 bridgehead atoms. The number of aryl methyl sites for hydroxylation is 3. The number of hydrogen-bond donors (Lipinski definition) is 1. The lowest BCUT2D eigenvalue weighted by molar-refractivity contribution is 0.0944. The zero-order valence-electron chi connectivity index (χ0n) is 16.0. The molecule has 1 aromatic carbocycles. The SMILES string of the molecule is CCCc1nc(C)c(C(=O)NC(c2ccccc2OC)c2nccn2C)s1. The number of imidazole rings is 1. The predicted octanol–water partition coefficient (Wildman–Crippen LogP) is 3.67. The van der Waals surface area contributed by atoms with Crippen LogP contribution in [0.2, 0.25) is 0 Å². The fourth-order valence-electron chi connectivity index (χ4n) is 3.02. The van der Waals surface area contributed by atoms with Gasteiger partial charge in [-0.05, 0) is 25.8 Å². The third kappa shape index (κ3) is 4.03. The average molecular weight is 385 g/mol. The molecule has 0 aliphatic carbocycles. The Bertz CT molecular complexity index is 932. The van der Waals surface area contributed by atoms with Crippen molar-refractivity contribution in [2.24, 2.45) is 7.05 Å². The third-order valence-corrected chi connectivity index (χ3v) is 5.57. The normalized spacial score (nSPS) is 12.0. The van der Waals surface area contributed by atoms with Crippen LogP contribution < -0.4 is 10.1 Å². The Kier molecular flexibility index (Phi) is 5.91. The first-order chi connectivity index (χ1) is 13.0. The number of thiazole rings is 1. The molecule has 2 aromatic heterocycles. The lowest BCUT2D eigenvalue weighted by Crippen LogP contribution is -2.31. The van der Waals surface area contributed by atoms with Gasteiger partial charge in [0.15, 0.2) is 0 Å². The fourth-order valence-corrected chi connectivity index (χ4v) is 4.09. The van der Waals surface area contributed by atoms with Crippen LogP contribution >= 0.6 is 11.3 Å². The summed E-state index contributed by atoms with van der Waals surface area (Å²) in [6, 6.07) is 7.24. The number of amides is 1. The van der Waals surface area contributed by atoms with Gasteiger partial charge in [-0.3, -0.25) is 4.79 Å². The Labute approximate surface area is 163 Å². The molecular weight excluding hydrogens is 360 g/mol. The maximum atomic E-state index is 13.1. The van der Waals surface area contributed by atoms with Gasteiger partial charge >= 0.3 is 0 Å². The Balaban J connectivity index is 1.97. The van der Waals surface area contributed by atoms with Crippen LogP contribution in [0.5, 0.6) is 5.75 Å². The highest BCUT2D eigenvalue weighted by Gasteiger charge is 2.26. The number of para-hydroxylation sites is 1. The van der Waals surface area contributed by atoms with E-state index < -0.39 is 6.04 Å². The van der Waals surface area contributed by atoms with Crippen LogP contribution in [0, 0.1) is 6.92 Å². The Morgan fingerprint density at radius 1 is 1.37 bits per heavy atom. The quantitative estimate of drug-likeness (QED) is 0.675. The molecule has 0 saturated carbocycles. The molecule has 0 aliphatic rings. The van der Waals surface area contributed by atoms with Gasteiger partial charge in [0.1, 0.15) is 22.5 Å². The molecule has 1 amide bonds. The number of nitrogens with zero attached hydrogens (tertiary/aromatic N) is 3. The van der Waals surface area contributed by atoms with E-state index in [-0.39, 0.29) is 5.91 Å². The molecule has 7 heteroatoms. The lowest BCUT2D eigenvalue weighted by atomic mass is 10.0. The summed E-state index contributed by atoms with van der Waals surface area (Å²) in [6.45, 7) is 3.98. The maximum absolute atomic E-state index is 13.1. The molecule has 1 N–H and O–H groups in total. The van der Waals surface area contributed by atoms with Crippen LogP contribution in [0.1, 0.15) is 51.1 Å². The summed E-state index contributed by atoms with van der Waals surface area (Å²) in [4.78, 5) is 22.7. The van der Waals surface area contributed by atoms with Gasteiger partial charge < -0.3 is 14.6 Å². The van der Waals surface area contributed by atoms with E-state index in [2.05, 4.69) is 22.2 Å². The molecule has 0 saturated heterocycles. The number of hydrogen-bond acceptors (Lipinski definition) is 5. The lowest BCUT2D eigenvalue weighted by Gasteiger charge is -2.21. The van der Waals surface area contributed by atoms with Crippen molar-refractivity contribution >= 4 is 17.2 Å². The second-order valence-electron chi connectivity index (χ2n) is 6.32. The molecule has 1 unspecified atom stereocenters. The highest BCUT2D eigenvalue weighted by atomic mass is 32.1. The topological polar surface area (TPSA) is 69.0 Å². The Hall–Kier alpha value is -2.67. The number of nitrogens with one attached hydrogen (secondary N) is 1. The molecule has 0 aliphatic heterocycles. The standard InChI is InChI=1S/C20H24N4O2S/c1-5-8-16-22-13(2)18(27-16)20(25)23-17(19-21-11-12-24(19)3)14-9-6-7-10-15(14)26-4/h6-7,9-12,17H,5,8H2,1-4H3,(H,23,25). The Morgan fingerprint density at radius 2 is 2.15 bits per heavy atom. The summed E-state index contributed by atoms with van der Waals surface area (Å²) in [5, 5.41) is 4.12. The molecule has 0 radical (unpaired) electrons. The second kappa shape index (κ2) is 8.35. The van der Waals surface area contributed by atoms with Crippen LogP contribution in [0.4, 0.5) is 0 Å². The van der Waals surface area contributed by atoms with Gasteiger partial charge in [0.25, 0.3) is 5.91 Å². The first-order valence-corrected chi connectivity index (χ1v) is 9.74. The summed E-state index contributed by atoms with van der Waals surface area (Å²) in [7, 11) is 3.54. The van der Waals surface area contributed by atoms with E-state index in [1.165, 1.54) is 11.3 Å². The molecule has 6 nitrogen and oxygen atoms in total. The second-order valence-corrected chi connectivity index (χ2v) is 7.40. The van der Waals surface area contributed by atoms with Gasteiger partial charge in [-0.1, -0.05) is 25.1 Å². The number of rotatable bonds is 7. The van der Waals surface area contributed by atoms with Crippen LogP contribution in [0.15, 0.2) is 36.7 Å².